The van der Waals surface area contributed by atoms with Crippen LogP contribution in [0.4, 0.5) is 0 Å². The molecule has 0 bridgehead atoms. The minimum absolute atomic E-state index is 0.141. The van der Waals surface area contributed by atoms with E-state index in [1.54, 1.807) is 12.7 Å². The fraction of sp³-hybridized carbons (Fsp3) is 0.739. The number of rotatable bonds is 5. The van der Waals surface area contributed by atoms with Gasteiger partial charge in [0.2, 0.25) is 0 Å². The molecule has 0 heterocycles. The number of aliphatic hydroxyl groups is 1. The Labute approximate surface area is 180 Å². The Hall–Kier alpha value is -1.15. The van der Waals surface area contributed by atoms with Gasteiger partial charge in [0, 0.05) is 0 Å². The Balaban J connectivity index is 0.000000461. The first-order valence-corrected chi connectivity index (χ1v) is 12.9. The van der Waals surface area contributed by atoms with Crippen LogP contribution in [0.2, 0.25) is 0 Å². The molecule has 1 aromatic carbocycles. The van der Waals surface area contributed by atoms with Crippen molar-refractivity contribution in [2.45, 2.75) is 63.9 Å². The van der Waals surface area contributed by atoms with E-state index in [1.165, 1.54) is 50.5 Å². The Morgan fingerprint density at radius 1 is 1.20 bits per heavy atom. The van der Waals surface area contributed by atoms with Gasteiger partial charge in [-0.05, 0) is 91.4 Å². The van der Waals surface area contributed by atoms with Crippen LogP contribution in [0, 0.1) is 17.3 Å². The van der Waals surface area contributed by atoms with Gasteiger partial charge in [0.15, 0.2) is 0 Å². The number of hydrogen-bond donors (Lipinski definition) is 2. The lowest BCUT2D eigenvalue weighted by molar-refractivity contribution is -0.0831. The van der Waals surface area contributed by atoms with Gasteiger partial charge in [0.25, 0.3) is 10.1 Å². The Morgan fingerprint density at radius 2 is 1.93 bits per heavy atom. The summed E-state index contributed by atoms with van der Waals surface area (Å²) in [5, 5.41) is 9.18. The van der Waals surface area contributed by atoms with E-state index >= 15 is 0 Å². The highest BCUT2D eigenvalue weighted by Gasteiger charge is 2.56. The highest BCUT2D eigenvalue weighted by Crippen LogP contribution is 2.63. The van der Waals surface area contributed by atoms with Crippen molar-refractivity contribution in [3.63, 3.8) is 0 Å². The number of aliphatic hydroxyl groups excluding tert-OH is 1. The highest BCUT2D eigenvalue weighted by atomic mass is 32.2. The molecule has 0 aliphatic heterocycles. The van der Waals surface area contributed by atoms with Crippen LogP contribution < -0.4 is 4.74 Å². The average molecular weight is 441 g/mol. The van der Waals surface area contributed by atoms with E-state index in [0.29, 0.717) is 24.4 Å². The number of methoxy groups -OCH3 is 1. The Morgan fingerprint density at radius 3 is 2.57 bits per heavy atom. The molecule has 170 valence electrons. The van der Waals surface area contributed by atoms with Crippen molar-refractivity contribution in [3.05, 3.63) is 29.3 Å². The van der Waals surface area contributed by atoms with Crippen molar-refractivity contribution in [1.29, 1.82) is 0 Å². The molecule has 2 fully saturated rings. The van der Waals surface area contributed by atoms with Gasteiger partial charge in [-0.1, -0.05) is 13.0 Å². The molecule has 2 saturated carbocycles. The molecule has 0 radical (unpaired) electrons. The Bertz CT molecular complexity index is 815. The smallest absolute Gasteiger partial charge is 0.261 e. The highest BCUT2D eigenvalue weighted by molar-refractivity contribution is 7.85. The van der Waals surface area contributed by atoms with Crippen LogP contribution in [-0.4, -0.2) is 50.8 Å². The Kier molecular flexibility index (Phi) is 7.49. The normalized spacial score (nSPS) is 32.3. The van der Waals surface area contributed by atoms with Crippen molar-refractivity contribution in [3.8, 4) is 5.75 Å². The molecule has 30 heavy (non-hydrogen) atoms. The van der Waals surface area contributed by atoms with E-state index in [9.17, 15) is 13.5 Å². The van der Waals surface area contributed by atoms with Gasteiger partial charge in [0.1, 0.15) is 5.75 Å². The summed E-state index contributed by atoms with van der Waals surface area (Å²) < 4.78 is 37.4. The van der Waals surface area contributed by atoms with E-state index in [4.69, 9.17) is 14.0 Å². The predicted molar refractivity (Wildman–Crippen MR) is 117 cm³/mol. The van der Waals surface area contributed by atoms with Crippen molar-refractivity contribution in [2.75, 3.05) is 26.6 Å². The third kappa shape index (κ3) is 4.85. The largest absolute Gasteiger partial charge is 0.497 e. The molecule has 1 aromatic rings. The van der Waals surface area contributed by atoms with Crippen LogP contribution in [0.1, 0.15) is 62.5 Å². The zero-order valence-corrected chi connectivity index (χ0v) is 19.2. The second kappa shape index (κ2) is 9.55. The van der Waals surface area contributed by atoms with Gasteiger partial charge in [-0.2, -0.15) is 8.42 Å². The molecule has 5 atom stereocenters. The average Bonchev–Trinajstić information content (AvgIpc) is 3.09. The van der Waals surface area contributed by atoms with Crippen molar-refractivity contribution >= 4 is 10.1 Å². The third-order valence-electron chi connectivity index (χ3n) is 7.64. The number of aryl methyl sites for hydroxylation is 1. The van der Waals surface area contributed by atoms with Gasteiger partial charge >= 0.3 is 0 Å². The summed E-state index contributed by atoms with van der Waals surface area (Å²) in [6.45, 7) is 2.99. The summed E-state index contributed by atoms with van der Waals surface area (Å²) in [6, 6.07) is 6.73. The lowest BCUT2D eigenvalue weighted by Gasteiger charge is -2.52. The summed E-state index contributed by atoms with van der Waals surface area (Å²) in [7, 11) is -1.91. The molecular weight excluding hydrogens is 404 g/mol. The number of hydrogen-bond acceptors (Lipinski definition) is 5. The van der Waals surface area contributed by atoms with Gasteiger partial charge < -0.3 is 14.6 Å². The summed E-state index contributed by atoms with van der Waals surface area (Å²) in [4.78, 5) is 0. The van der Waals surface area contributed by atoms with Crippen LogP contribution >= 0.6 is 0 Å². The third-order valence-corrected chi connectivity index (χ3v) is 7.64. The number of ether oxygens (including phenoxy) is 2. The van der Waals surface area contributed by atoms with E-state index in [-0.39, 0.29) is 6.61 Å². The second-order valence-electron chi connectivity index (χ2n) is 9.00. The summed E-state index contributed by atoms with van der Waals surface area (Å²) in [6.07, 6.45) is 9.82. The van der Waals surface area contributed by atoms with Crippen LogP contribution in [0.25, 0.3) is 0 Å². The SMILES string of the molecule is CC[C@]12CC[C@@H]3c4ccc(OC)cc4CC[C@H]3[C@@H]1CC[C@@H]2OCCO.CS(=O)(=O)O. The maximum atomic E-state index is 9.19. The zero-order chi connectivity index (χ0) is 21.9. The minimum atomic E-state index is -3.67. The molecule has 0 spiro atoms. The maximum absolute atomic E-state index is 9.19. The molecule has 0 aromatic heterocycles. The van der Waals surface area contributed by atoms with Gasteiger partial charge in [-0.3, -0.25) is 4.55 Å². The number of benzene rings is 1. The van der Waals surface area contributed by atoms with E-state index in [2.05, 4.69) is 25.1 Å². The van der Waals surface area contributed by atoms with Gasteiger partial charge in [-0.15, -0.1) is 0 Å². The van der Waals surface area contributed by atoms with Crippen LogP contribution in [0.3, 0.4) is 0 Å². The van der Waals surface area contributed by atoms with Gasteiger partial charge in [0.05, 0.1) is 32.7 Å². The lowest BCUT2D eigenvalue weighted by Crippen LogP contribution is -2.46. The summed E-state index contributed by atoms with van der Waals surface area (Å²) in [5.74, 6) is 3.30. The van der Waals surface area contributed by atoms with E-state index in [1.807, 2.05) is 0 Å². The van der Waals surface area contributed by atoms with Crippen molar-refractivity contribution in [2.24, 2.45) is 17.3 Å². The van der Waals surface area contributed by atoms with E-state index < -0.39 is 10.1 Å². The second-order valence-corrected chi connectivity index (χ2v) is 10.5. The molecule has 6 nitrogen and oxygen atoms in total. The molecule has 0 unspecified atom stereocenters. The summed E-state index contributed by atoms with van der Waals surface area (Å²) >= 11 is 0. The first-order chi connectivity index (χ1) is 14.2. The molecule has 0 amide bonds. The molecule has 2 N–H and O–H groups in total. The van der Waals surface area contributed by atoms with Crippen molar-refractivity contribution in [1.82, 2.24) is 0 Å². The maximum Gasteiger partial charge on any atom is 0.261 e. The molecule has 7 heteroatoms. The summed E-state index contributed by atoms with van der Waals surface area (Å²) in [5.41, 5.74) is 3.44. The quantitative estimate of drug-likeness (QED) is 0.676. The standard InChI is InChI=1S/C22H32O3.CH4O3S/c1-3-22-11-10-18-17-7-5-16(24-2)14-15(17)4-6-19(18)20(22)8-9-21(22)25-13-12-23;1-5(2,3)4/h5,7,14,18-21,23H,3-4,6,8-13H2,1-2H3;1H3,(H,2,3,4)/t18-,19-,20+,21+,22+;/m1./s1. The topological polar surface area (TPSA) is 93.1 Å². The zero-order valence-electron chi connectivity index (χ0n) is 18.3. The van der Waals surface area contributed by atoms with Crippen molar-refractivity contribution < 1.29 is 27.6 Å². The first kappa shape index (κ1) is 23.5. The molecule has 4 rings (SSSR count). The first-order valence-electron chi connectivity index (χ1n) is 11.0. The number of fused-ring (bicyclic) bond motifs is 5. The molecule has 3 aliphatic carbocycles. The lowest BCUT2D eigenvalue weighted by atomic mass is 9.54. The molecule has 0 saturated heterocycles. The van der Waals surface area contributed by atoms with E-state index in [0.717, 1.165) is 23.5 Å². The monoisotopic (exact) mass is 440 g/mol. The molecule has 3 aliphatic rings. The van der Waals surface area contributed by atoms with Crippen LogP contribution in [0.15, 0.2) is 18.2 Å². The predicted octanol–water partition coefficient (Wildman–Crippen LogP) is 3.82. The molecular formula is C23H36O6S. The minimum Gasteiger partial charge on any atom is -0.497 e. The van der Waals surface area contributed by atoms with Crippen LogP contribution in [0.5, 0.6) is 5.75 Å². The van der Waals surface area contributed by atoms with Crippen LogP contribution in [-0.2, 0) is 21.3 Å². The fourth-order valence-corrected chi connectivity index (χ4v) is 6.56. The fourth-order valence-electron chi connectivity index (χ4n) is 6.56. The van der Waals surface area contributed by atoms with Gasteiger partial charge in [-0.25, -0.2) is 0 Å².